The van der Waals surface area contributed by atoms with Gasteiger partial charge in [-0.1, -0.05) is 35.0 Å². The van der Waals surface area contributed by atoms with Crippen molar-refractivity contribution in [1.82, 2.24) is 5.32 Å². The molecule has 3 heteroatoms. The molecule has 1 atom stereocenters. The van der Waals surface area contributed by atoms with Crippen LogP contribution in [0.4, 0.5) is 0 Å². The van der Waals surface area contributed by atoms with Crippen LogP contribution >= 0.6 is 27.3 Å². The Hall–Kier alpha value is -0.640. The van der Waals surface area contributed by atoms with Gasteiger partial charge < -0.3 is 5.32 Å². The van der Waals surface area contributed by atoms with Crippen molar-refractivity contribution < 1.29 is 0 Å². The Morgan fingerprint density at radius 3 is 2.62 bits per heavy atom. The zero-order valence-electron chi connectivity index (χ0n) is 12.6. The van der Waals surface area contributed by atoms with E-state index in [1.807, 2.05) is 0 Å². The lowest BCUT2D eigenvalue weighted by atomic mass is 9.93. The fourth-order valence-electron chi connectivity index (χ4n) is 2.52. The summed E-state index contributed by atoms with van der Waals surface area (Å²) >= 11 is 5.31. The maximum Gasteiger partial charge on any atom is 0.0175 e. The number of halogens is 1. The first kappa shape index (κ1) is 16.7. The predicted octanol–water partition coefficient (Wildman–Crippen LogP) is 5.30. The summed E-state index contributed by atoms with van der Waals surface area (Å²) in [6.07, 6.45) is 4.81. The molecule has 0 amide bonds. The number of hydrogen-bond acceptors (Lipinski definition) is 2. The summed E-state index contributed by atoms with van der Waals surface area (Å²) in [7, 11) is 0. The molecule has 1 aromatic heterocycles. The fraction of sp³-hybridized carbons (Fsp3) is 0.444. The van der Waals surface area contributed by atoms with Crippen molar-refractivity contribution in [2.75, 3.05) is 13.1 Å². The number of rotatable bonds is 9. The van der Waals surface area contributed by atoms with Gasteiger partial charge in [-0.2, -0.15) is 11.3 Å². The molecule has 1 nitrogen and oxygen atoms in total. The van der Waals surface area contributed by atoms with Gasteiger partial charge in [0.1, 0.15) is 0 Å². The molecule has 21 heavy (non-hydrogen) atoms. The Kier molecular flexibility index (Phi) is 7.48. The van der Waals surface area contributed by atoms with Gasteiger partial charge in [-0.05, 0) is 84.8 Å². The lowest BCUT2D eigenvalue weighted by molar-refractivity contribution is 0.444. The first-order valence-electron chi connectivity index (χ1n) is 7.74. The highest BCUT2D eigenvalue weighted by atomic mass is 79.9. The van der Waals surface area contributed by atoms with E-state index in [1.165, 1.54) is 30.4 Å². The lowest BCUT2D eigenvalue weighted by Crippen LogP contribution is -2.25. The molecule has 2 aromatic rings. The molecule has 1 aromatic carbocycles. The molecule has 0 saturated carbocycles. The third kappa shape index (κ3) is 6.33. The van der Waals surface area contributed by atoms with Gasteiger partial charge in [-0.25, -0.2) is 0 Å². The van der Waals surface area contributed by atoms with Crippen LogP contribution in [0.1, 0.15) is 30.9 Å². The second kappa shape index (κ2) is 9.39. The van der Waals surface area contributed by atoms with Gasteiger partial charge in [0.05, 0.1) is 0 Å². The van der Waals surface area contributed by atoms with Crippen molar-refractivity contribution in [2.45, 2.75) is 32.6 Å². The second-order valence-corrected chi connectivity index (χ2v) is 7.27. The number of nitrogens with one attached hydrogen (secondary N) is 1. The SMILES string of the molecule is CCCNCC(CCc1ccsc1)Cc1ccc(Br)cc1. The molecule has 2 rings (SSSR count). The fourth-order valence-corrected chi connectivity index (χ4v) is 3.49. The Bertz CT molecular complexity index is 492. The summed E-state index contributed by atoms with van der Waals surface area (Å²) in [6.45, 7) is 4.46. The van der Waals surface area contributed by atoms with Crippen LogP contribution < -0.4 is 5.32 Å². The highest BCUT2D eigenvalue weighted by Gasteiger charge is 2.10. The van der Waals surface area contributed by atoms with Gasteiger partial charge in [-0.15, -0.1) is 0 Å². The maximum absolute atomic E-state index is 3.59. The molecular formula is C18H24BrNS. The van der Waals surface area contributed by atoms with E-state index < -0.39 is 0 Å². The van der Waals surface area contributed by atoms with Crippen LogP contribution in [0, 0.1) is 5.92 Å². The number of benzene rings is 1. The Morgan fingerprint density at radius 2 is 1.95 bits per heavy atom. The van der Waals surface area contributed by atoms with Gasteiger partial charge in [0.25, 0.3) is 0 Å². The number of hydrogen-bond donors (Lipinski definition) is 1. The largest absolute Gasteiger partial charge is 0.316 e. The third-order valence-corrected chi connectivity index (χ3v) is 4.98. The highest BCUT2D eigenvalue weighted by Crippen LogP contribution is 2.18. The van der Waals surface area contributed by atoms with E-state index in [9.17, 15) is 0 Å². The smallest absolute Gasteiger partial charge is 0.0175 e. The quantitative estimate of drug-likeness (QED) is 0.594. The average molecular weight is 366 g/mol. The van der Waals surface area contributed by atoms with Crippen LogP contribution in [0.2, 0.25) is 0 Å². The molecule has 1 unspecified atom stereocenters. The monoisotopic (exact) mass is 365 g/mol. The highest BCUT2D eigenvalue weighted by molar-refractivity contribution is 9.10. The molecule has 0 spiro atoms. The van der Waals surface area contributed by atoms with Crippen LogP contribution in [0.5, 0.6) is 0 Å². The second-order valence-electron chi connectivity index (χ2n) is 5.57. The molecule has 0 aliphatic carbocycles. The molecule has 0 aliphatic heterocycles. The minimum absolute atomic E-state index is 0.706. The third-order valence-electron chi connectivity index (χ3n) is 3.72. The van der Waals surface area contributed by atoms with Crippen LogP contribution in [0.3, 0.4) is 0 Å². The molecule has 0 fully saturated rings. The van der Waals surface area contributed by atoms with Crippen molar-refractivity contribution in [3.8, 4) is 0 Å². The molecule has 0 aliphatic rings. The standard InChI is InChI=1S/C18H24BrNS/c1-2-10-20-13-17(4-3-16-9-11-21-14-16)12-15-5-7-18(19)8-6-15/h5-9,11,14,17,20H,2-4,10,12-13H2,1H3. The summed E-state index contributed by atoms with van der Waals surface area (Å²) in [5, 5.41) is 8.04. The molecule has 0 radical (unpaired) electrons. The van der Waals surface area contributed by atoms with Crippen molar-refractivity contribution in [2.24, 2.45) is 5.92 Å². The lowest BCUT2D eigenvalue weighted by Gasteiger charge is -2.17. The van der Waals surface area contributed by atoms with Crippen LogP contribution in [0.15, 0.2) is 45.6 Å². The van der Waals surface area contributed by atoms with E-state index in [2.05, 4.69) is 69.3 Å². The molecule has 1 N–H and O–H groups in total. The molecule has 0 saturated heterocycles. The van der Waals surface area contributed by atoms with E-state index in [1.54, 1.807) is 11.3 Å². The maximum atomic E-state index is 3.59. The molecule has 114 valence electrons. The minimum Gasteiger partial charge on any atom is -0.316 e. The topological polar surface area (TPSA) is 12.0 Å². The summed E-state index contributed by atoms with van der Waals surface area (Å²) < 4.78 is 1.16. The van der Waals surface area contributed by atoms with E-state index >= 15 is 0 Å². The van der Waals surface area contributed by atoms with E-state index in [0.717, 1.165) is 24.0 Å². The van der Waals surface area contributed by atoms with Crippen LogP contribution in [-0.2, 0) is 12.8 Å². The van der Waals surface area contributed by atoms with Crippen molar-refractivity contribution >= 4 is 27.3 Å². The van der Waals surface area contributed by atoms with Gasteiger partial charge in [0.15, 0.2) is 0 Å². The molecular weight excluding hydrogens is 342 g/mol. The van der Waals surface area contributed by atoms with Gasteiger partial charge in [0, 0.05) is 4.47 Å². The van der Waals surface area contributed by atoms with Crippen molar-refractivity contribution in [3.05, 3.63) is 56.7 Å². The summed E-state index contributed by atoms with van der Waals surface area (Å²) in [5.41, 5.74) is 2.92. The Morgan fingerprint density at radius 1 is 1.14 bits per heavy atom. The van der Waals surface area contributed by atoms with Gasteiger partial charge in [0.2, 0.25) is 0 Å². The van der Waals surface area contributed by atoms with Crippen molar-refractivity contribution in [3.63, 3.8) is 0 Å². The van der Waals surface area contributed by atoms with Crippen molar-refractivity contribution in [1.29, 1.82) is 0 Å². The predicted molar refractivity (Wildman–Crippen MR) is 97.1 cm³/mol. The Labute approximate surface area is 140 Å². The summed E-state index contributed by atoms with van der Waals surface area (Å²) in [4.78, 5) is 0. The zero-order valence-corrected chi connectivity index (χ0v) is 15.1. The Balaban J connectivity index is 1.88. The summed E-state index contributed by atoms with van der Waals surface area (Å²) in [5.74, 6) is 0.706. The number of thiophene rings is 1. The zero-order chi connectivity index (χ0) is 14.9. The molecule has 0 bridgehead atoms. The normalized spacial score (nSPS) is 12.5. The molecule has 1 heterocycles. The number of aryl methyl sites for hydroxylation is 1. The van der Waals surface area contributed by atoms with E-state index in [4.69, 9.17) is 0 Å². The van der Waals surface area contributed by atoms with E-state index in [0.29, 0.717) is 5.92 Å². The van der Waals surface area contributed by atoms with Gasteiger partial charge in [-0.3, -0.25) is 0 Å². The first-order valence-corrected chi connectivity index (χ1v) is 9.47. The minimum atomic E-state index is 0.706. The van der Waals surface area contributed by atoms with E-state index in [-0.39, 0.29) is 0 Å². The first-order chi connectivity index (χ1) is 10.3. The van der Waals surface area contributed by atoms with Crippen LogP contribution in [0.25, 0.3) is 0 Å². The summed E-state index contributed by atoms with van der Waals surface area (Å²) in [6, 6.07) is 11.0. The average Bonchev–Trinajstić information content (AvgIpc) is 3.00. The van der Waals surface area contributed by atoms with Gasteiger partial charge >= 0.3 is 0 Å². The van der Waals surface area contributed by atoms with Crippen LogP contribution in [-0.4, -0.2) is 13.1 Å².